The lowest BCUT2D eigenvalue weighted by Crippen LogP contribution is -2.25. The van der Waals surface area contributed by atoms with Crippen LogP contribution in [-0.2, 0) is 23.9 Å². The fourth-order valence-electron chi connectivity index (χ4n) is 3.54. The van der Waals surface area contributed by atoms with Crippen LogP contribution in [0.15, 0.2) is 34.8 Å². The van der Waals surface area contributed by atoms with E-state index in [2.05, 4.69) is 6.92 Å². The van der Waals surface area contributed by atoms with Crippen molar-refractivity contribution < 1.29 is 23.9 Å². The van der Waals surface area contributed by atoms with Crippen molar-refractivity contribution in [2.45, 2.75) is 97.8 Å². The average Bonchev–Trinajstić information content (AvgIpc) is 2.72. The summed E-state index contributed by atoms with van der Waals surface area (Å²) in [7, 11) is 1.36. The van der Waals surface area contributed by atoms with Gasteiger partial charge < -0.3 is 9.47 Å². The molecule has 0 saturated carbocycles. The maximum absolute atomic E-state index is 12.7. The first-order valence-corrected chi connectivity index (χ1v) is 11.4. The fraction of sp³-hybridized carbons (Fsp3) is 0.640. The maximum Gasteiger partial charge on any atom is 0.308 e. The van der Waals surface area contributed by atoms with Gasteiger partial charge in [0, 0.05) is 12.5 Å². The number of hydrogen-bond acceptors (Lipinski definition) is 5. The van der Waals surface area contributed by atoms with Crippen LogP contribution in [0, 0.1) is 0 Å². The fourth-order valence-corrected chi connectivity index (χ4v) is 3.54. The van der Waals surface area contributed by atoms with Gasteiger partial charge in [0.15, 0.2) is 11.5 Å². The summed E-state index contributed by atoms with van der Waals surface area (Å²) < 4.78 is 10.1. The Balaban J connectivity index is 2.39. The Morgan fingerprint density at radius 1 is 0.833 bits per heavy atom. The normalized spacial score (nSPS) is 14.8. The number of unbranched alkanes of at least 4 members (excludes halogenated alkanes) is 11. The van der Waals surface area contributed by atoms with E-state index in [1.807, 2.05) is 6.08 Å². The topological polar surface area (TPSA) is 69.7 Å². The van der Waals surface area contributed by atoms with Crippen LogP contribution in [0.5, 0.6) is 0 Å². The van der Waals surface area contributed by atoms with E-state index in [1.165, 1.54) is 78.7 Å². The molecule has 0 saturated heterocycles. The molecular formula is C25H38O5. The van der Waals surface area contributed by atoms with E-state index >= 15 is 0 Å². The molecule has 0 amide bonds. The van der Waals surface area contributed by atoms with Crippen LogP contribution in [0.4, 0.5) is 0 Å². The summed E-state index contributed by atoms with van der Waals surface area (Å²) in [5.41, 5.74) is 0.238. The molecular weight excluding hydrogens is 380 g/mol. The third-order valence-corrected chi connectivity index (χ3v) is 5.29. The van der Waals surface area contributed by atoms with Gasteiger partial charge in [-0.25, -0.2) is 0 Å². The minimum atomic E-state index is -0.629. The lowest BCUT2D eigenvalue weighted by Gasteiger charge is -2.18. The van der Waals surface area contributed by atoms with Crippen molar-refractivity contribution in [2.24, 2.45) is 0 Å². The summed E-state index contributed by atoms with van der Waals surface area (Å²) in [6.45, 7) is 4.91. The molecule has 0 heterocycles. The standard InChI is InChI=1S/C25H38O5/c1-5-6-7-8-9-10-11-12-13-14-15-16-17-18-21-23(28)24(30-20(3)26)19(2)22(27)25(21)29-4/h17-18H,5-16H2,1-4H3. The molecule has 5 nitrogen and oxygen atoms in total. The summed E-state index contributed by atoms with van der Waals surface area (Å²) in [5.74, 6) is -1.75. The van der Waals surface area contributed by atoms with E-state index in [0.717, 1.165) is 19.3 Å². The Kier molecular flexibility index (Phi) is 12.7. The number of ketones is 2. The average molecular weight is 419 g/mol. The molecule has 0 unspecified atom stereocenters. The molecule has 0 aromatic heterocycles. The van der Waals surface area contributed by atoms with Crippen LogP contribution in [0.25, 0.3) is 0 Å². The van der Waals surface area contributed by atoms with Crippen molar-refractivity contribution in [1.29, 1.82) is 0 Å². The molecule has 1 rings (SSSR count). The number of methoxy groups -OCH3 is 1. The highest BCUT2D eigenvalue weighted by Crippen LogP contribution is 2.27. The van der Waals surface area contributed by atoms with E-state index in [1.54, 1.807) is 6.08 Å². The van der Waals surface area contributed by atoms with Gasteiger partial charge in [0.1, 0.15) is 0 Å². The second-order valence-corrected chi connectivity index (χ2v) is 7.88. The van der Waals surface area contributed by atoms with Crippen LogP contribution in [0.1, 0.15) is 97.8 Å². The Hall–Kier alpha value is -2.17. The molecule has 0 fully saturated rings. The quantitative estimate of drug-likeness (QED) is 0.182. The van der Waals surface area contributed by atoms with Gasteiger partial charge in [-0.05, 0) is 19.8 Å². The van der Waals surface area contributed by atoms with Crippen LogP contribution < -0.4 is 0 Å². The molecule has 168 valence electrons. The minimum Gasteiger partial charge on any atom is -0.492 e. The van der Waals surface area contributed by atoms with Gasteiger partial charge in [-0.1, -0.05) is 83.3 Å². The van der Waals surface area contributed by atoms with Gasteiger partial charge in [-0.15, -0.1) is 0 Å². The van der Waals surface area contributed by atoms with Crippen molar-refractivity contribution in [3.8, 4) is 0 Å². The number of hydrogen-bond donors (Lipinski definition) is 0. The third kappa shape index (κ3) is 8.68. The molecule has 0 bridgehead atoms. The molecule has 1 aliphatic rings. The largest absolute Gasteiger partial charge is 0.492 e. The first-order valence-electron chi connectivity index (χ1n) is 11.4. The Bertz CT molecular complexity index is 682. The highest BCUT2D eigenvalue weighted by Gasteiger charge is 2.34. The van der Waals surface area contributed by atoms with Crippen molar-refractivity contribution >= 4 is 17.5 Å². The van der Waals surface area contributed by atoms with Crippen molar-refractivity contribution in [3.05, 3.63) is 34.8 Å². The molecule has 0 aliphatic heterocycles. The second kappa shape index (κ2) is 14.8. The molecule has 0 atom stereocenters. The van der Waals surface area contributed by atoms with E-state index in [4.69, 9.17) is 9.47 Å². The molecule has 0 aromatic carbocycles. The summed E-state index contributed by atoms with van der Waals surface area (Å²) in [6.07, 6.45) is 18.4. The first-order chi connectivity index (χ1) is 14.4. The zero-order valence-corrected chi connectivity index (χ0v) is 19.2. The van der Waals surface area contributed by atoms with E-state index in [9.17, 15) is 14.4 Å². The SMILES string of the molecule is CCCCCCCCCCCCCC=CC1=C(OC)C(=O)C(C)=C(OC(C)=O)C1=O. The number of carbonyl (C=O) groups is 3. The van der Waals surface area contributed by atoms with Gasteiger partial charge in [-0.2, -0.15) is 0 Å². The number of ether oxygens (including phenoxy) is 2. The van der Waals surface area contributed by atoms with E-state index in [-0.39, 0.29) is 22.7 Å². The number of rotatable bonds is 15. The number of esters is 1. The molecule has 0 spiro atoms. The Morgan fingerprint density at radius 2 is 1.37 bits per heavy atom. The summed E-state index contributed by atoms with van der Waals surface area (Å²) in [5, 5.41) is 0. The second-order valence-electron chi connectivity index (χ2n) is 7.88. The third-order valence-electron chi connectivity index (χ3n) is 5.29. The van der Waals surface area contributed by atoms with Crippen LogP contribution in [0.3, 0.4) is 0 Å². The van der Waals surface area contributed by atoms with Crippen LogP contribution in [-0.4, -0.2) is 24.6 Å². The maximum atomic E-state index is 12.7. The van der Waals surface area contributed by atoms with Crippen molar-refractivity contribution in [1.82, 2.24) is 0 Å². The minimum absolute atomic E-state index is 0.00332. The van der Waals surface area contributed by atoms with Gasteiger partial charge in [-0.3, -0.25) is 14.4 Å². The molecule has 0 N–H and O–H groups in total. The molecule has 5 heteroatoms. The van der Waals surface area contributed by atoms with Crippen molar-refractivity contribution in [3.63, 3.8) is 0 Å². The highest BCUT2D eigenvalue weighted by atomic mass is 16.5. The Labute approximate surface area is 181 Å². The predicted molar refractivity (Wildman–Crippen MR) is 119 cm³/mol. The predicted octanol–water partition coefficient (Wildman–Crippen LogP) is 6.13. The number of carbonyl (C=O) groups excluding carboxylic acids is 3. The van der Waals surface area contributed by atoms with E-state index < -0.39 is 17.5 Å². The highest BCUT2D eigenvalue weighted by molar-refractivity contribution is 6.24. The summed E-state index contributed by atoms with van der Waals surface area (Å²) in [6, 6.07) is 0. The number of Topliss-reactive ketones (excluding diaryl/α,β-unsaturated/α-hetero) is 2. The molecule has 0 aromatic rings. The lowest BCUT2D eigenvalue weighted by molar-refractivity contribution is -0.140. The van der Waals surface area contributed by atoms with Crippen LogP contribution in [0.2, 0.25) is 0 Å². The Morgan fingerprint density at radius 3 is 1.87 bits per heavy atom. The smallest absolute Gasteiger partial charge is 0.308 e. The summed E-state index contributed by atoms with van der Waals surface area (Å²) in [4.78, 5) is 36.3. The van der Waals surface area contributed by atoms with Crippen molar-refractivity contribution in [2.75, 3.05) is 7.11 Å². The van der Waals surface area contributed by atoms with Gasteiger partial charge in [0.05, 0.1) is 12.7 Å². The monoisotopic (exact) mass is 418 g/mol. The number of allylic oxidation sites excluding steroid dienone is 4. The zero-order chi connectivity index (χ0) is 22.4. The van der Waals surface area contributed by atoms with Gasteiger partial charge in [0.2, 0.25) is 11.6 Å². The van der Waals surface area contributed by atoms with E-state index in [0.29, 0.717) is 0 Å². The first kappa shape index (κ1) is 25.9. The summed E-state index contributed by atoms with van der Waals surface area (Å²) >= 11 is 0. The lowest BCUT2D eigenvalue weighted by atomic mass is 9.93. The molecule has 30 heavy (non-hydrogen) atoms. The van der Waals surface area contributed by atoms with Crippen LogP contribution >= 0.6 is 0 Å². The molecule has 0 radical (unpaired) electrons. The van der Waals surface area contributed by atoms with Gasteiger partial charge in [0.25, 0.3) is 0 Å². The zero-order valence-electron chi connectivity index (χ0n) is 19.2. The molecule has 1 aliphatic carbocycles. The van der Waals surface area contributed by atoms with Gasteiger partial charge >= 0.3 is 5.97 Å².